The van der Waals surface area contributed by atoms with Gasteiger partial charge in [0.05, 0.1) is 0 Å². The maximum absolute atomic E-state index is 5.69. The van der Waals surface area contributed by atoms with Gasteiger partial charge in [-0.25, -0.2) is 10.8 Å². The number of rotatable bonds is 3. The molecule has 1 aromatic carbocycles. The molecule has 0 saturated carbocycles. The van der Waals surface area contributed by atoms with Crippen LogP contribution in [-0.2, 0) is 0 Å². The van der Waals surface area contributed by atoms with Crippen LogP contribution < -0.4 is 16.0 Å². The van der Waals surface area contributed by atoms with E-state index in [1.807, 2.05) is 32.0 Å². The van der Waals surface area contributed by atoms with Gasteiger partial charge in [0.15, 0.2) is 0 Å². The molecule has 0 fully saturated rings. The third-order valence-electron chi connectivity index (χ3n) is 2.32. The molecule has 0 atom stereocenters. The molecule has 5 nitrogen and oxygen atoms in total. The highest BCUT2D eigenvalue weighted by Crippen LogP contribution is 2.24. The molecule has 0 spiro atoms. The molecule has 0 unspecified atom stereocenters. The van der Waals surface area contributed by atoms with Gasteiger partial charge in [0.1, 0.15) is 5.75 Å². The van der Waals surface area contributed by atoms with Gasteiger partial charge in [0.2, 0.25) is 11.8 Å². The van der Waals surface area contributed by atoms with E-state index < -0.39 is 0 Å². The second kappa shape index (κ2) is 4.80. The number of nitrogen functional groups attached to an aromatic ring is 1. The number of nitrogens with one attached hydrogen (secondary N) is 1. The summed E-state index contributed by atoms with van der Waals surface area (Å²) < 4.78 is 5.69. The summed E-state index contributed by atoms with van der Waals surface area (Å²) in [6, 6.07) is 7.69. The molecule has 1 aromatic heterocycles. The molecule has 0 aliphatic heterocycles. The van der Waals surface area contributed by atoms with Crippen LogP contribution in [0.25, 0.3) is 0 Å². The van der Waals surface area contributed by atoms with Crippen molar-refractivity contribution in [1.29, 1.82) is 0 Å². The Labute approximate surface area is 99.6 Å². The number of nitrogens with two attached hydrogens (primary N) is 1. The highest BCUT2D eigenvalue weighted by molar-refractivity contribution is 5.39. The number of hydrogen-bond donors (Lipinski definition) is 2. The quantitative estimate of drug-likeness (QED) is 0.624. The number of benzene rings is 1. The van der Waals surface area contributed by atoms with E-state index in [2.05, 4.69) is 15.4 Å². The summed E-state index contributed by atoms with van der Waals surface area (Å²) >= 11 is 0. The summed E-state index contributed by atoms with van der Waals surface area (Å²) in [6.07, 6.45) is 1.59. The molecule has 2 aromatic rings. The fourth-order valence-electron chi connectivity index (χ4n) is 1.40. The third-order valence-corrected chi connectivity index (χ3v) is 2.32. The second-order valence-corrected chi connectivity index (χ2v) is 3.73. The van der Waals surface area contributed by atoms with Crippen molar-refractivity contribution in [3.05, 3.63) is 41.6 Å². The summed E-state index contributed by atoms with van der Waals surface area (Å²) in [7, 11) is 0. The molecular formula is C12H14N4O. The monoisotopic (exact) mass is 230 g/mol. The van der Waals surface area contributed by atoms with Crippen molar-refractivity contribution in [2.75, 3.05) is 5.43 Å². The molecule has 0 radical (unpaired) electrons. The summed E-state index contributed by atoms with van der Waals surface area (Å²) in [5, 5.41) is 0. The van der Waals surface area contributed by atoms with Crippen molar-refractivity contribution >= 4 is 5.95 Å². The van der Waals surface area contributed by atoms with E-state index in [-0.39, 0.29) is 0 Å². The van der Waals surface area contributed by atoms with Crippen LogP contribution in [0.15, 0.2) is 30.5 Å². The van der Waals surface area contributed by atoms with Crippen molar-refractivity contribution in [3.8, 4) is 11.6 Å². The van der Waals surface area contributed by atoms with Crippen molar-refractivity contribution in [3.63, 3.8) is 0 Å². The Hall–Kier alpha value is -2.14. The Balaban J connectivity index is 2.27. The predicted molar refractivity (Wildman–Crippen MR) is 65.8 cm³/mol. The molecule has 1 heterocycles. The maximum atomic E-state index is 5.69. The fourth-order valence-corrected chi connectivity index (χ4v) is 1.40. The minimum atomic E-state index is 0.327. The second-order valence-electron chi connectivity index (χ2n) is 3.73. The number of ether oxygens (including phenoxy) is 1. The number of hydrogen-bond acceptors (Lipinski definition) is 5. The first-order valence-corrected chi connectivity index (χ1v) is 5.24. The molecule has 0 amide bonds. The minimum Gasteiger partial charge on any atom is -0.439 e. The largest absolute Gasteiger partial charge is 0.439 e. The summed E-state index contributed by atoms with van der Waals surface area (Å²) in [5.74, 6) is 6.81. The van der Waals surface area contributed by atoms with Crippen molar-refractivity contribution in [2.24, 2.45) is 5.84 Å². The first kappa shape index (κ1) is 11.3. The Morgan fingerprint density at radius 3 is 2.82 bits per heavy atom. The van der Waals surface area contributed by atoms with E-state index in [1.165, 1.54) is 0 Å². The van der Waals surface area contributed by atoms with Crippen LogP contribution in [0.4, 0.5) is 5.95 Å². The molecule has 0 aliphatic rings. The average Bonchev–Trinajstić information content (AvgIpc) is 2.34. The molecule has 0 saturated heterocycles. The van der Waals surface area contributed by atoms with Crippen molar-refractivity contribution in [2.45, 2.75) is 13.8 Å². The van der Waals surface area contributed by atoms with Crippen LogP contribution in [0.5, 0.6) is 11.6 Å². The maximum Gasteiger partial charge on any atom is 0.240 e. The zero-order chi connectivity index (χ0) is 12.3. The Bertz CT molecular complexity index is 528. The molecular weight excluding hydrogens is 216 g/mol. The molecule has 3 N–H and O–H groups in total. The molecule has 0 bridgehead atoms. The zero-order valence-corrected chi connectivity index (χ0v) is 9.77. The number of aromatic nitrogens is 2. The number of hydrazine groups is 1. The molecule has 0 aliphatic carbocycles. The highest BCUT2D eigenvalue weighted by atomic mass is 16.5. The lowest BCUT2D eigenvalue weighted by Crippen LogP contribution is -2.10. The van der Waals surface area contributed by atoms with Gasteiger partial charge >= 0.3 is 0 Å². The van der Waals surface area contributed by atoms with Gasteiger partial charge in [-0.05, 0) is 31.0 Å². The lowest BCUT2D eigenvalue weighted by atomic mass is 10.1. The van der Waals surface area contributed by atoms with E-state index in [4.69, 9.17) is 10.6 Å². The topological polar surface area (TPSA) is 73.1 Å². The van der Waals surface area contributed by atoms with Gasteiger partial charge in [0.25, 0.3) is 0 Å². The first-order chi connectivity index (χ1) is 8.19. The standard InChI is InChI=1S/C12H14N4O/c1-8-3-4-9(2)10(7-8)17-11-5-6-14-12(15-11)16-13/h3-7H,13H2,1-2H3,(H,14,15,16). The zero-order valence-electron chi connectivity index (χ0n) is 9.77. The van der Waals surface area contributed by atoms with Crippen molar-refractivity contribution < 1.29 is 4.74 Å². The van der Waals surface area contributed by atoms with Crippen LogP contribution in [-0.4, -0.2) is 9.97 Å². The van der Waals surface area contributed by atoms with Gasteiger partial charge in [-0.2, -0.15) is 4.98 Å². The van der Waals surface area contributed by atoms with Crippen LogP contribution >= 0.6 is 0 Å². The van der Waals surface area contributed by atoms with E-state index in [0.717, 1.165) is 16.9 Å². The van der Waals surface area contributed by atoms with Gasteiger partial charge in [-0.1, -0.05) is 12.1 Å². The minimum absolute atomic E-state index is 0.327. The van der Waals surface area contributed by atoms with Crippen molar-refractivity contribution in [1.82, 2.24) is 9.97 Å². The van der Waals surface area contributed by atoms with Crippen LogP contribution in [0.3, 0.4) is 0 Å². The van der Waals surface area contributed by atoms with Crippen LogP contribution in [0.2, 0.25) is 0 Å². The van der Waals surface area contributed by atoms with E-state index >= 15 is 0 Å². The third kappa shape index (κ3) is 2.70. The van der Waals surface area contributed by atoms with Crippen LogP contribution in [0, 0.1) is 13.8 Å². The van der Waals surface area contributed by atoms with E-state index in [9.17, 15) is 0 Å². The van der Waals surface area contributed by atoms with E-state index in [1.54, 1.807) is 12.3 Å². The highest BCUT2D eigenvalue weighted by Gasteiger charge is 2.04. The lowest BCUT2D eigenvalue weighted by Gasteiger charge is -2.09. The Morgan fingerprint density at radius 2 is 2.06 bits per heavy atom. The fraction of sp³-hybridized carbons (Fsp3) is 0.167. The van der Waals surface area contributed by atoms with E-state index in [0.29, 0.717) is 11.8 Å². The predicted octanol–water partition coefficient (Wildman–Crippen LogP) is 2.17. The van der Waals surface area contributed by atoms with Gasteiger partial charge in [-0.3, -0.25) is 5.43 Å². The number of nitrogens with zero attached hydrogens (tertiary/aromatic N) is 2. The number of anilines is 1. The molecule has 17 heavy (non-hydrogen) atoms. The van der Waals surface area contributed by atoms with Gasteiger partial charge in [-0.15, -0.1) is 0 Å². The Kier molecular flexibility index (Phi) is 3.20. The van der Waals surface area contributed by atoms with Gasteiger partial charge < -0.3 is 4.74 Å². The molecule has 2 rings (SSSR count). The SMILES string of the molecule is Cc1ccc(C)c(Oc2ccnc(NN)n2)c1. The normalized spacial score (nSPS) is 10.1. The summed E-state index contributed by atoms with van der Waals surface area (Å²) in [4.78, 5) is 8.00. The first-order valence-electron chi connectivity index (χ1n) is 5.24. The molecule has 5 heteroatoms. The van der Waals surface area contributed by atoms with Crippen LogP contribution in [0.1, 0.15) is 11.1 Å². The lowest BCUT2D eigenvalue weighted by molar-refractivity contribution is 0.458. The van der Waals surface area contributed by atoms with Gasteiger partial charge in [0, 0.05) is 12.3 Å². The number of aryl methyl sites for hydroxylation is 2. The average molecular weight is 230 g/mol. The summed E-state index contributed by atoms with van der Waals surface area (Å²) in [5.41, 5.74) is 4.57. The smallest absolute Gasteiger partial charge is 0.240 e. The summed E-state index contributed by atoms with van der Waals surface area (Å²) in [6.45, 7) is 4.00. The molecule has 88 valence electrons. The Morgan fingerprint density at radius 1 is 1.24 bits per heavy atom.